The molecule has 0 amide bonds. The zero-order valence-corrected chi connectivity index (χ0v) is 8.60. The topological polar surface area (TPSA) is 12.5 Å². The molecule has 0 aromatic heterocycles. The standard InChI is InChI=1S/C12H15NO/c1-10-8-11(2)14-13(9-10)12-6-4-3-5-7-12/h3-8,11H,9H2,1-2H3. The van der Waals surface area contributed by atoms with E-state index >= 15 is 0 Å². The Morgan fingerprint density at radius 1 is 1.29 bits per heavy atom. The van der Waals surface area contributed by atoms with Gasteiger partial charge in [-0.2, -0.15) is 0 Å². The van der Waals surface area contributed by atoms with Crippen molar-refractivity contribution in [3.8, 4) is 0 Å². The molecule has 1 aliphatic rings. The van der Waals surface area contributed by atoms with Crippen molar-refractivity contribution in [1.29, 1.82) is 0 Å². The minimum Gasteiger partial charge on any atom is -0.266 e. The molecule has 2 nitrogen and oxygen atoms in total. The lowest BCUT2D eigenvalue weighted by Crippen LogP contribution is -2.33. The molecule has 0 saturated heterocycles. The van der Waals surface area contributed by atoms with Crippen LogP contribution in [-0.4, -0.2) is 12.6 Å². The summed E-state index contributed by atoms with van der Waals surface area (Å²) in [4.78, 5) is 5.70. The predicted molar refractivity (Wildman–Crippen MR) is 58.1 cm³/mol. The lowest BCUT2D eigenvalue weighted by Gasteiger charge is -2.30. The summed E-state index contributed by atoms with van der Waals surface area (Å²) in [5.74, 6) is 0. The summed E-state index contributed by atoms with van der Waals surface area (Å²) in [7, 11) is 0. The summed E-state index contributed by atoms with van der Waals surface area (Å²) in [6, 6.07) is 10.2. The SMILES string of the molecule is CC1=CC(C)ON(c2ccccc2)C1. The predicted octanol–water partition coefficient (Wildman–Crippen LogP) is 2.77. The van der Waals surface area contributed by atoms with E-state index in [1.54, 1.807) is 0 Å². The van der Waals surface area contributed by atoms with E-state index in [1.807, 2.05) is 23.3 Å². The monoisotopic (exact) mass is 189 g/mol. The molecule has 2 rings (SSSR count). The van der Waals surface area contributed by atoms with Gasteiger partial charge in [-0.1, -0.05) is 29.8 Å². The van der Waals surface area contributed by atoms with E-state index in [-0.39, 0.29) is 6.10 Å². The Balaban J connectivity index is 2.18. The molecule has 1 aromatic carbocycles. The van der Waals surface area contributed by atoms with E-state index in [1.165, 1.54) is 5.57 Å². The van der Waals surface area contributed by atoms with E-state index in [2.05, 4.69) is 32.1 Å². The molecule has 0 fully saturated rings. The maximum Gasteiger partial charge on any atom is 0.101 e. The fourth-order valence-corrected chi connectivity index (χ4v) is 1.69. The van der Waals surface area contributed by atoms with Crippen LogP contribution in [-0.2, 0) is 4.84 Å². The maximum atomic E-state index is 5.70. The molecule has 0 spiro atoms. The Morgan fingerprint density at radius 2 is 2.00 bits per heavy atom. The van der Waals surface area contributed by atoms with Crippen LogP contribution in [0.4, 0.5) is 5.69 Å². The Morgan fingerprint density at radius 3 is 2.64 bits per heavy atom. The number of hydrogen-bond donors (Lipinski definition) is 0. The van der Waals surface area contributed by atoms with Gasteiger partial charge >= 0.3 is 0 Å². The van der Waals surface area contributed by atoms with Crippen LogP contribution in [0.3, 0.4) is 0 Å². The summed E-state index contributed by atoms with van der Waals surface area (Å²) in [5.41, 5.74) is 2.47. The second-order valence-corrected chi connectivity index (χ2v) is 3.70. The van der Waals surface area contributed by atoms with Crippen LogP contribution >= 0.6 is 0 Å². The van der Waals surface area contributed by atoms with Crippen LogP contribution in [0.2, 0.25) is 0 Å². The van der Waals surface area contributed by atoms with Gasteiger partial charge < -0.3 is 0 Å². The number of rotatable bonds is 1. The van der Waals surface area contributed by atoms with Crippen LogP contribution in [0.25, 0.3) is 0 Å². The molecular formula is C12H15NO. The fraction of sp³-hybridized carbons (Fsp3) is 0.333. The summed E-state index contributed by atoms with van der Waals surface area (Å²) in [6.07, 6.45) is 2.32. The highest BCUT2D eigenvalue weighted by molar-refractivity contribution is 5.45. The van der Waals surface area contributed by atoms with Gasteiger partial charge in [-0.15, -0.1) is 0 Å². The van der Waals surface area contributed by atoms with Crippen LogP contribution in [0.5, 0.6) is 0 Å². The molecule has 0 bridgehead atoms. The summed E-state index contributed by atoms with van der Waals surface area (Å²) < 4.78 is 0. The highest BCUT2D eigenvalue weighted by Crippen LogP contribution is 2.20. The van der Waals surface area contributed by atoms with E-state index in [9.17, 15) is 0 Å². The smallest absolute Gasteiger partial charge is 0.101 e. The second kappa shape index (κ2) is 3.84. The Kier molecular flexibility index (Phi) is 2.55. The minimum atomic E-state index is 0.170. The quantitative estimate of drug-likeness (QED) is 0.630. The molecule has 0 radical (unpaired) electrons. The van der Waals surface area contributed by atoms with Gasteiger partial charge in [-0.05, 0) is 26.0 Å². The van der Waals surface area contributed by atoms with Gasteiger partial charge in [0.1, 0.15) is 6.10 Å². The number of benzene rings is 1. The van der Waals surface area contributed by atoms with Gasteiger partial charge in [0.2, 0.25) is 0 Å². The Labute approximate surface area is 84.8 Å². The maximum absolute atomic E-state index is 5.70. The lowest BCUT2D eigenvalue weighted by molar-refractivity contribution is 0.0677. The molecular weight excluding hydrogens is 174 g/mol. The molecule has 0 saturated carbocycles. The lowest BCUT2D eigenvalue weighted by atomic mass is 10.2. The van der Waals surface area contributed by atoms with Crippen molar-refractivity contribution < 1.29 is 4.84 Å². The van der Waals surface area contributed by atoms with Gasteiger partial charge in [-0.3, -0.25) is 4.84 Å². The summed E-state index contributed by atoms with van der Waals surface area (Å²) >= 11 is 0. The summed E-state index contributed by atoms with van der Waals surface area (Å²) in [6.45, 7) is 5.04. The fourth-order valence-electron chi connectivity index (χ4n) is 1.69. The van der Waals surface area contributed by atoms with Crippen molar-refractivity contribution in [2.24, 2.45) is 0 Å². The zero-order chi connectivity index (χ0) is 9.97. The molecule has 0 N–H and O–H groups in total. The van der Waals surface area contributed by atoms with Gasteiger partial charge in [0, 0.05) is 0 Å². The average Bonchev–Trinajstić information content (AvgIpc) is 2.18. The van der Waals surface area contributed by atoms with Crippen molar-refractivity contribution >= 4 is 5.69 Å². The van der Waals surface area contributed by atoms with Gasteiger partial charge in [-0.25, -0.2) is 5.06 Å². The number of anilines is 1. The molecule has 1 aromatic rings. The normalized spacial score (nSPS) is 22.0. The zero-order valence-electron chi connectivity index (χ0n) is 8.60. The first-order chi connectivity index (χ1) is 6.75. The molecule has 2 heteroatoms. The third-order valence-electron chi connectivity index (χ3n) is 2.25. The Hall–Kier alpha value is -1.28. The highest BCUT2D eigenvalue weighted by Gasteiger charge is 2.15. The van der Waals surface area contributed by atoms with E-state index < -0.39 is 0 Å². The van der Waals surface area contributed by atoms with Crippen molar-refractivity contribution in [3.63, 3.8) is 0 Å². The number of para-hydroxylation sites is 1. The number of nitrogens with zero attached hydrogens (tertiary/aromatic N) is 1. The number of hydrogen-bond acceptors (Lipinski definition) is 2. The molecule has 0 aliphatic carbocycles. The first kappa shape index (κ1) is 9.28. The molecule has 1 aliphatic heterocycles. The van der Waals surface area contributed by atoms with Crippen molar-refractivity contribution in [1.82, 2.24) is 0 Å². The second-order valence-electron chi connectivity index (χ2n) is 3.70. The minimum absolute atomic E-state index is 0.170. The average molecular weight is 189 g/mol. The summed E-state index contributed by atoms with van der Waals surface area (Å²) in [5, 5.41) is 1.94. The first-order valence-corrected chi connectivity index (χ1v) is 4.92. The first-order valence-electron chi connectivity index (χ1n) is 4.92. The van der Waals surface area contributed by atoms with Crippen molar-refractivity contribution in [2.75, 3.05) is 11.6 Å². The molecule has 74 valence electrons. The van der Waals surface area contributed by atoms with E-state index in [0.29, 0.717) is 0 Å². The van der Waals surface area contributed by atoms with Crippen LogP contribution < -0.4 is 5.06 Å². The molecule has 1 atom stereocenters. The van der Waals surface area contributed by atoms with Gasteiger partial charge in [0.15, 0.2) is 0 Å². The van der Waals surface area contributed by atoms with Crippen molar-refractivity contribution in [2.45, 2.75) is 20.0 Å². The van der Waals surface area contributed by atoms with Crippen LogP contribution in [0.1, 0.15) is 13.8 Å². The van der Waals surface area contributed by atoms with Crippen molar-refractivity contribution in [3.05, 3.63) is 42.0 Å². The van der Waals surface area contributed by atoms with Crippen LogP contribution in [0.15, 0.2) is 42.0 Å². The van der Waals surface area contributed by atoms with Gasteiger partial charge in [0.25, 0.3) is 0 Å². The molecule has 14 heavy (non-hydrogen) atoms. The molecule has 1 heterocycles. The van der Waals surface area contributed by atoms with E-state index in [4.69, 9.17) is 4.84 Å². The highest BCUT2D eigenvalue weighted by atomic mass is 16.7. The third-order valence-corrected chi connectivity index (χ3v) is 2.25. The number of hydroxylamine groups is 1. The van der Waals surface area contributed by atoms with Crippen LogP contribution in [0, 0.1) is 0 Å². The van der Waals surface area contributed by atoms with Gasteiger partial charge in [0.05, 0.1) is 12.2 Å². The van der Waals surface area contributed by atoms with E-state index in [0.717, 1.165) is 12.2 Å². The largest absolute Gasteiger partial charge is 0.266 e. The Bertz CT molecular complexity index is 331. The third kappa shape index (κ3) is 1.96. The molecule has 1 unspecified atom stereocenters.